The van der Waals surface area contributed by atoms with Gasteiger partial charge in [0.2, 0.25) is 0 Å². The van der Waals surface area contributed by atoms with Crippen molar-refractivity contribution in [1.82, 2.24) is 0 Å². The van der Waals surface area contributed by atoms with Crippen LogP contribution in [0.5, 0.6) is 0 Å². The van der Waals surface area contributed by atoms with Gasteiger partial charge in [0.25, 0.3) is 5.91 Å². The summed E-state index contributed by atoms with van der Waals surface area (Å²) in [6, 6.07) is 21.3. The molecule has 0 aliphatic carbocycles. The molecule has 220 valence electrons. The van der Waals surface area contributed by atoms with Crippen molar-refractivity contribution in [2.45, 2.75) is 58.8 Å². The summed E-state index contributed by atoms with van der Waals surface area (Å²) in [6.45, 7) is 4.53. The number of ether oxygens (including phenoxy) is 2. The molecule has 1 amide bonds. The van der Waals surface area contributed by atoms with Gasteiger partial charge in [-0.1, -0.05) is 81.0 Å². The number of carbonyl (C=O) groups is 3. The highest BCUT2D eigenvalue weighted by Crippen LogP contribution is 2.14. The maximum Gasteiger partial charge on any atom is 0.338 e. The quantitative estimate of drug-likeness (QED) is 0.0853. The number of carbonyl (C=O) groups excluding carboxylic acids is 3. The Morgan fingerprint density at radius 2 is 1.40 bits per heavy atom. The van der Waals surface area contributed by atoms with E-state index >= 15 is 0 Å². The van der Waals surface area contributed by atoms with Crippen molar-refractivity contribution in [2.75, 3.05) is 18.5 Å². The zero-order valence-electron chi connectivity index (χ0n) is 24.4. The van der Waals surface area contributed by atoms with Crippen molar-refractivity contribution in [3.05, 3.63) is 101 Å². The van der Waals surface area contributed by atoms with Crippen molar-refractivity contribution in [3.63, 3.8) is 0 Å². The van der Waals surface area contributed by atoms with Crippen LogP contribution in [0, 0.1) is 6.92 Å². The second-order valence-corrected chi connectivity index (χ2v) is 9.93. The Kier molecular flexibility index (Phi) is 13.7. The van der Waals surface area contributed by atoms with Crippen LogP contribution in [-0.4, -0.2) is 43.5 Å². The summed E-state index contributed by atoms with van der Waals surface area (Å²) in [5.74, 6) is -1.23. The molecular formula is C34H39N3O5. The highest BCUT2D eigenvalue weighted by Gasteiger charge is 2.11. The standard InChI is InChI=1S/C34H39N3O5/c1-3-4-5-6-7-8-20-41-32(38)19-21-42-34(40)29-15-17-31(18-16-29)37-33(39)30-14-10-13-28(23-30)25-36-35-24-27-12-9-11-26(2)22-27/h9-18,22-25H,3-8,19-21H2,1-2H3,(H,37,39). The van der Waals surface area contributed by atoms with Gasteiger partial charge in [-0.05, 0) is 60.9 Å². The molecule has 0 radical (unpaired) electrons. The van der Waals surface area contributed by atoms with E-state index in [4.69, 9.17) is 9.47 Å². The van der Waals surface area contributed by atoms with Crippen molar-refractivity contribution in [1.29, 1.82) is 0 Å². The van der Waals surface area contributed by atoms with Crippen molar-refractivity contribution < 1.29 is 23.9 Å². The number of hydrogen-bond acceptors (Lipinski definition) is 7. The van der Waals surface area contributed by atoms with Crippen LogP contribution in [-0.2, 0) is 14.3 Å². The largest absolute Gasteiger partial charge is 0.466 e. The molecule has 0 fully saturated rings. The average molecular weight is 570 g/mol. The van der Waals surface area contributed by atoms with E-state index in [0.717, 1.165) is 36.0 Å². The molecule has 0 aliphatic heterocycles. The van der Waals surface area contributed by atoms with E-state index in [0.29, 0.717) is 23.4 Å². The number of rotatable bonds is 16. The molecule has 0 atom stereocenters. The smallest absolute Gasteiger partial charge is 0.338 e. The van der Waals surface area contributed by atoms with Crippen molar-refractivity contribution in [3.8, 4) is 0 Å². The summed E-state index contributed by atoms with van der Waals surface area (Å²) in [5, 5.41) is 11.0. The van der Waals surface area contributed by atoms with Gasteiger partial charge >= 0.3 is 11.9 Å². The molecule has 0 aromatic heterocycles. The van der Waals surface area contributed by atoms with Crippen LogP contribution in [0.2, 0.25) is 0 Å². The molecule has 0 bridgehead atoms. The molecule has 0 unspecified atom stereocenters. The summed E-state index contributed by atoms with van der Waals surface area (Å²) in [4.78, 5) is 36.9. The molecule has 3 aromatic rings. The van der Waals surface area contributed by atoms with E-state index in [2.05, 4.69) is 22.4 Å². The van der Waals surface area contributed by atoms with E-state index in [-0.39, 0.29) is 24.9 Å². The second-order valence-electron chi connectivity index (χ2n) is 9.93. The van der Waals surface area contributed by atoms with E-state index in [1.165, 1.54) is 19.3 Å². The van der Waals surface area contributed by atoms with Gasteiger partial charge in [0.1, 0.15) is 6.61 Å². The van der Waals surface area contributed by atoms with Gasteiger partial charge in [0.15, 0.2) is 0 Å². The van der Waals surface area contributed by atoms with Crippen LogP contribution >= 0.6 is 0 Å². The fraction of sp³-hybridized carbons (Fsp3) is 0.324. The Hall–Kier alpha value is -4.59. The lowest BCUT2D eigenvalue weighted by molar-refractivity contribution is -0.144. The molecule has 0 spiro atoms. The van der Waals surface area contributed by atoms with Gasteiger partial charge in [0, 0.05) is 11.3 Å². The van der Waals surface area contributed by atoms with Gasteiger partial charge < -0.3 is 14.8 Å². The Morgan fingerprint density at radius 1 is 0.738 bits per heavy atom. The summed E-state index contributed by atoms with van der Waals surface area (Å²) in [7, 11) is 0. The fourth-order valence-electron chi connectivity index (χ4n) is 4.05. The van der Waals surface area contributed by atoms with E-state index in [1.54, 1.807) is 54.9 Å². The van der Waals surface area contributed by atoms with Gasteiger partial charge in [-0.2, -0.15) is 10.2 Å². The first kappa shape index (κ1) is 31.9. The first-order valence-corrected chi connectivity index (χ1v) is 14.4. The summed E-state index contributed by atoms with van der Waals surface area (Å²) in [6.07, 6.45) is 9.96. The van der Waals surface area contributed by atoms with Crippen LogP contribution in [0.4, 0.5) is 5.69 Å². The predicted octanol–water partition coefficient (Wildman–Crippen LogP) is 7.15. The number of esters is 2. The number of anilines is 1. The van der Waals surface area contributed by atoms with Gasteiger partial charge in [-0.15, -0.1) is 0 Å². The molecule has 42 heavy (non-hydrogen) atoms. The third-order valence-electron chi connectivity index (χ3n) is 6.35. The minimum Gasteiger partial charge on any atom is -0.466 e. The Balaban J connectivity index is 1.40. The van der Waals surface area contributed by atoms with Crippen LogP contribution in [0.3, 0.4) is 0 Å². The van der Waals surface area contributed by atoms with Gasteiger partial charge in [-0.25, -0.2) is 4.79 Å². The zero-order valence-corrected chi connectivity index (χ0v) is 24.4. The predicted molar refractivity (Wildman–Crippen MR) is 166 cm³/mol. The third-order valence-corrected chi connectivity index (χ3v) is 6.35. The third kappa shape index (κ3) is 11.9. The number of unbranched alkanes of at least 4 members (excludes halogenated alkanes) is 5. The molecule has 8 nitrogen and oxygen atoms in total. The van der Waals surface area contributed by atoms with Crippen LogP contribution < -0.4 is 5.32 Å². The number of nitrogens with zero attached hydrogens (tertiary/aromatic N) is 2. The fourth-order valence-corrected chi connectivity index (χ4v) is 4.05. The monoisotopic (exact) mass is 569 g/mol. The van der Waals surface area contributed by atoms with Crippen molar-refractivity contribution >= 4 is 36.0 Å². The van der Waals surface area contributed by atoms with Crippen LogP contribution in [0.15, 0.2) is 83.0 Å². The molecule has 0 saturated carbocycles. The highest BCUT2D eigenvalue weighted by molar-refractivity contribution is 6.05. The van der Waals surface area contributed by atoms with Gasteiger partial charge in [-0.3, -0.25) is 9.59 Å². The average Bonchev–Trinajstić information content (AvgIpc) is 2.99. The lowest BCUT2D eigenvalue weighted by Crippen LogP contribution is -2.13. The summed E-state index contributed by atoms with van der Waals surface area (Å²) in [5.41, 5.74) is 4.12. The maximum atomic E-state index is 12.8. The first-order chi connectivity index (χ1) is 20.4. The summed E-state index contributed by atoms with van der Waals surface area (Å²) < 4.78 is 10.4. The Morgan fingerprint density at radius 3 is 2.12 bits per heavy atom. The number of hydrogen-bond donors (Lipinski definition) is 1. The van der Waals surface area contributed by atoms with Crippen LogP contribution in [0.25, 0.3) is 0 Å². The molecule has 3 rings (SSSR count). The first-order valence-electron chi connectivity index (χ1n) is 14.4. The molecule has 0 heterocycles. The minimum absolute atomic E-state index is 0.0125. The number of nitrogens with one attached hydrogen (secondary N) is 1. The normalized spacial score (nSPS) is 11.1. The topological polar surface area (TPSA) is 106 Å². The molecular weight excluding hydrogens is 530 g/mol. The molecule has 3 aromatic carbocycles. The van der Waals surface area contributed by atoms with E-state index in [1.807, 2.05) is 37.3 Å². The Labute approximate surface area is 247 Å². The Bertz CT molecular complexity index is 1370. The second kappa shape index (κ2) is 18.0. The lowest BCUT2D eigenvalue weighted by atomic mass is 10.1. The van der Waals surface area contributed by atoms with E-state index < -0.39 is 5.97 Å². The SMILES string of the molecule is CCCCCCCCOC(=O)CCOC(=O)c1ccc(NC(=O)c2cccc(C=NN=Cc3cccc(C)c3)c2)cc1. The van der Waals surface area contributed by atoms with Gasteiger partial charge in [0.05, 0.1) is 31.0 Å². The molecule has 1 N–H and O–H groups in total. The molecule has 0 aliphatic rings. The molecule has 8 heteroatoms. The number of aryl methyl sites for hydroxylation is 1. The lowest BCUT2D eigenvalue weighted by Gasteiger charge is -2.08. The zero-order chi connectivity index (χ0) is 30.0. The number of amides is 1. The maximum absolute atomic E-state index is 12.8. The van der Waals surface area contributed by atoms with Crippen LogP contribution in [0.1, 0.15) is 89.3 Å². The van der Waals surface area contributed by atoms with Crippen molar-refractivity contribution in [2.24, 2.45) is 10.2 Å². The number of benzene rings is 3. The minimum atomic E-state index is -0.548. The molecule has 0 saturated heterocycles. The highest BCUT2D eigenvalue weighted by atomic mass is 16.5. The van der Waals surface area contributed by atoms with E-state index in [9.17, 15) is 14.4 Å². The summed E-state index contributed by atoms with van der Waals surface area (Å²) >= 11 is 0.